The number of urea groups is 2. The van der Waals surface area contributed by atoms with E-state index in [1.807, 2.05) is 6.92 Å². The van der Waals surface area contributed by atoms with Crippen LogP contribution in [0.25, 0.3) is 0 Å². The highest BCUT2D eigenvalue weighted by Crippen LogP contribution is 2.14. The van der Waals surface area contributed by atoms with Gasteiger partial charge in [-0.25, -0.2) is 9.59 Å². The third-order valence-corrected chi connectivity index (χ3v) is 2.47. The predicted octanol–water partition coefficient (Wildman–Crippen LogP) is 0.405. The molecular formula is C8H16N3O2+. The molecule has 0 saturated carbocycles. The van der Waals surface area contributed by atoms with E-state index in [0.717, 1.165) is 12.8 Å². The van der Waals surface area contributed by atoms with Crippen molar-refractivity contribution in [3.8, 4) is 0 Å². The number of imide groups is 1. The maximum Gasteiger partial charge on any atom is 0.425 e. The number of amides is 4. The zero-order valence-electron chi connectivity index (χ0n) is 7.88. The molecule has 1 saturated heterocycles. The number of rotatable bonds is 3. The van der Waals surface area contributed by atoms with Gasteiger partial charge in [0.2, 0.25) is 0 Å². The number of primary amides is 1. The van der Waals surface area contributed by atoms with Crippen LogP contribution < -0.4 is 11.1 Å². The van der Waals surface area contributed by atoms with Gasteiger partial charge in [-0.3, -0.25) is 5.32 Å². The summed E-state index contributed by atoms with van der Waals surface area (Å²) in [6, 6.07) is -0.788. The number of hydrogen-bond acceptors (Lipinski definition) is 2. The summed E-state index contributed by atoms with van der Waals surface area (Å²) in [5, 5.41) is 2.63. The summed E-state index contributed by atoms with van der Waals surface area (Å²) >= 11 is 0. The van der Waals surface area contributed by atoms with Crippen LogP contribution in [0.2, 0.25) is 0 Å². The molecule has 74 valence electrons. The van der Waals surface area contributed by atoms with Gasteiger partial charge in [0.05, 0.1) is 13.1 Å². The van der Waals surface area contributed by atoms with Crippen molar-refractivity contribution < 1.29 is 14.1 Å². The molecule has 1 rings (SSSR count). The van der Waals surface area contributed by atoms with Crippen LogP contribution in [0, 0.1) is 0 Å². The lowest BCUT2D eigenvalue weighted by molar-refractivity contribution is -0.756. The van der Waals surface area contributed by atoms with Crippen LogP contribution in [-0.4, -0.2) is 36.2 Å². The standard InChI is InChI=1S/C8H15N3O2/c1-2-3-5-11(7(9)12)6-4-10-8(11)13/h2-6H2,1H3,(H2-,9,10,12,13)/p+1. The number of unbranched alkanes of at least 4 members (excludes halogenated alkanes) is 1. The van der Waals surface area contributed by atoms with E-state index in [1.165, 1.54) is 0 Å². The zero-order chi connectivity index (χ0) is 9.90. The predicted molar refractivity (Wildman–Crippen MR) is 47.9 cm³/mol. The second-order valence-corrected chi connectivity index (χ2v) is 3.34. The summed E-state index contributed by atoms with van der Waals surface area (Å²) < 4.78 is -0.214. The second-order valence-electron chi connectivity index (χ2n) is 3.34. The largest absolute Gasteiger partial charge is 0.425 e. The molecule has 0 radical (unpaired) electrons. The molecule has 5 nitrogen and oxygen atoms in total. The van der Waals surface area contributed by atoms with Crippen LogP contribution in [-0.2, 0) is 0 Å². The Kier molecular flexibility index (Phi) is 2.87. The van der Waals surface area contributed by atoms with Gasteiger partial charge in [-0.15, -0.1) is 0 Å². The van der Waals surface area contributed by atoms with Gasteiger partial charge in [0.15, 0.2) is 0 Å². The Labute approximate surface area is 77.5 Å². The van der Waals surface area contributed by atoms with Gasteiger partial charge in [-0.2, -0.15) is 4.48 Å². The molecule has 4 amide bonds. The molecule has 0 spiro atoms. The number of quaternary nitrogens is 1. The summed E-state index contributed by atoms with van der Waals surface area (Å²) in [4.78, 5) is 22.6. The summed E-state index contributed by atoms with van der Waals surface area (Å²) in [6.07, 6.45) is 1.80. The fourth-order valence-corrected chi connectivity index (χ4v) is 1.57. The molecular weight excluding hydrogens is 170 g/mol. The van der Waals surface area contributed by atoms with Gasteiger partial charge in [0.1, 0.15) is 6.54 Å². The smallest absolute Gasteiger partial charge is 0.318 e. The average Bonchev–Trinajstić information content (AvgIpc) is 2.45. The Balaban J connectivity index is 2.74. The first kappa shape index (κ1) is 9.98. The first-order chi connectivity index (χ1) is 6.13. The molecule has 3 N–H and O–H groups in total. The molecule has 1 fully saturated rings. The fraction of sp³-hybridized carbons (Fsp3) is 0.750. The topological polar surface area (TPSA) is 72.2 Å². The highest BCUT2D eigenvalue weighted by molar-refractivity contribution is 5.83. The number of carbonyl (C=O) groups is 2. The van der Waals surface area contributed by atoms with E-state index >= 15 is 0 Å². The van der Waals surface area contributed by atoms with Crippen LogP contribution in [0.1, 0.15) is 19.8 Å². The summed E-state index contributed by atoms with van der Waals surface area (Å²) in [5.41, 5.74) is 5.24. The summed E-state index contributed by atoms with van der Waals surface area (Å²) in [5.74, 6) is 0. The van der Waals surface area contributed by atoms with Gasteiger partial charge in [0.25, 0.3) is 0 Å². The van der Waals surface area contributed by atoms with Gasteiger partial charge in [-0.1, -0.05) is 13.3 Å². The number of nitrogens with zero attached hydrogens (tertiary/aromatic N) is 1. The van der Waals surface area contributed by atoms with E-state index in [-0.39, 0.29) is 10.5 Å². The van der Waals surface area contributed by atoms with Crippen molar-refractivity contribution in [2.24, 2.45) is 5.73 Å². The average molecular weight is 186 g/mol. The Bertz CT molecular complexity index is 229. The molecule has 0 bridgehead atoms. The number of hydrogen-bond donors (Lipinski definition) is 2. The maximum absolute atomic E-state index is 11.4. The third-order valence-electron chi connectivity index (χ3n) is 2.47. The van der Waals surface area contributed by atoms with Gasteiger partial charge < -0.3 is 5.73 Å². The van der Waals surface area contributed by atoms with Crippen molar-refractivity contribution in [2.45, 2.75) is 19.8 Å². The van der Waals surface area contributed by atoms with E-state index < -0.39 is 6.03 Å². The summed E-state index contributed by atoms with van der Waals surface area (Å²) in [7, 11) is 0. The lowest BCUT2D eigenvalue weighted by Gasteiger charge is -2.23. The Morgan fingerprint density at radius 2 is 2.38 bits per heavy atom. The molecule has 13 heavy (non-hydrogen) atoms. The van der Waals surface area contributed by atoms with E-state index in [1.54, 1.807) is 0 Å². The minimum absolute atomic E-state index is 0.214. The van der Waals surface area contributed by atoms with Crippen LogP contribution in [0.3, 0.4) is 0 Å². The number of carbonyl (C=O) groups excluding carboxylic acids is 2. The summed E-state index contributed by atoms with van der Waals surface area (Å²) in [6.45, 7) is 3.59. The van der Waals surface area contributed by atoms with Crippen molar-refractivity contribution in [2.75, 3.05) is 19.6 Å². The first-order valence-corrected chi connectivity index (χ1v) is 4.59. The van der Waals surface area contributed by atoms with Crippen molar-refractivity contribution in [1.29, 1.82) is 0 Å². The zero-order valence-corrected chi connectivity index (χ0v) is 7.88. The van der Waals surface area contributed by atoms with Crippen molar-refractivity contribution in [3.63, 3.8) is 0 Å². The molecule has 5 heteroatoms. The van der Waals surface area contributed by atoms with E-state index in [2.05, 4.69) is 5.32 Å². The number of nitrogens with two attached hydrogens (primary N) is 1. The van der Waals surface area contributed by atoms with Gasteiger partial charge >= 0.3 is 12.1 Å². The minimum atomic E-state index is -0.538. The van der Waals surface area contributed by atoms with E-state index in [4.69, 9.17) is 5.73 Å². The van der Waals surface area contributed by atoms with Crippen LogP contribution in [0.5, 0.6) is 0 Å². The SMILES string of the molecule is CCCC[N+]1(C(N)=O)CCNC1=O. The molecule has 1 heterocycles. The Morgan fingerprint density at radius 3 is 2.77 bits per heavy atom. The lowest BCUT2D eigenvalue weighted by Crippen LogP contribution is -2.58. The van der Waals surface area contributed by atoms with Crippen molar-refractivity contribution in [1.82, 2.24) is 5.32 Å². The Hall–Kier alpha value is -1.10. The lowest BCUT2D eigenvalue weighted by atomic mass is 10.3. The molecule has 1 aliphatic heterocycles. The first-order valence-electron chi connectivity index (χ1n) is 4.59. The van der Waals surface area contributed by atoms with E-state index in [9.17, 15) is 9.59 Å². The quantitative estimate of drug-likeness (QED) is 0.626. The van der Waals surface area contributed by atoms with Gasteiger partial charge in [0, 0.05) is 0 Å². The molecule has 0 aromatic carbocycles. The molecule has 1 unspecified atom stereocenters. The third kappa shape index (κ3) is 1.65. The molecule has 0 aromatic rings. The molecule has 0 aromatic heterocycles. The van der Waals surface area contributed by atoms with Crippen molar-refractivity contribution >= 4 is 12.1 Å². The van der Waals surface area contributed by atoms with Gasteiger partial charge in [-0.05, 0) is 6.42 Å². The van der Waals surface area contributed by atoms with Crippen molar-refractivity contribution in [3.05, 3.63) is 0 Å². The fourth-order valence-electron chi connectivity index (χ4n) is 1.57. The minimum Gasteiger partial charge on any atom is -0.318 e. The molecule has 0 aliphatic carbocycles. The van der Waals surface area contributed by atoms with Crippen LogP contribution >= 0.6 is 0 Å². The second kappa shape index (κ2) is 3.74. The highest BCUT2D eigenvalue weighted by atomic mass is 16.2. The van der Waals surface area contributed by atoms with Crippen LogP contribution in [0.4, 0.5) is 9.59 Å². The Morgan fingerprint density at radius 1 is 1.69 bits per heavy atom. The monoisotopic (exact) mass is 186 g/mol. The van der Waals surface area contributed by atoms with E-state index in [0.29, 0.717) is 19.6 Å². The molecule has 1 atom stereocenters. The highest BCUT2D eigenvalue weighted by Gasteiger charge is 2.46. The molecule has 1 aliphatic rings. The van der Waals surface area contributed by atoms with Crippen LogP contribution in [0.15, 0.2) is 0 Å². The number of nitrogens with one attached hydrogen (secondary N) is 1. The normalized spacial score (nSPS) is 27.3. The maximum atomic E-state index is 11.4.